The molecule has 6 unspecified atom stereocenters. The highest BCUT2D eigenvalue weighted by atomic mass is 16.4. The van der Waals surface area contributed by atoms with Crippen LogP contribution in [0.1, 0.15) is 40.5 Å². The van der Waals surface area contributed by atoms with Crippen LogP contribution in [0.5, 0.6) is 0 Å². The number of hydrogen-bond donors (Lipinski definition) is 7. The summed E-state index contributed by atoms with van der Waals surface area (Å²) in [4.78, 5) is 58.7. The minimum absolute atomic E-state index is 0.383. The van der Waals surface area contributed by atoms with E-state index in [4.69, 9.17) is 11.5 Å². The second kappa shape index (κ2) is 12.0. The van der Waals surface area contributed by atoms with Gasteiger partial charge in [0.05, 0.1) is 18.6 Å². The van der Waals surface area contributed by atoms with E-state index >= 15 is 0 Å². The predicted octanol–water partition coefficient (Wildman–Crippen LogP) is -2.83. The summed E-state index contributed by atoms with van der Waals surface area (Å²) in [6.45, 7) is 5.95. The smallest absolute Gasteiger partial charge is 0.326 e. The topological polar surface area (TPSA) is 214 Å². The molecule has 0 aliphatic heterocycles. The number of nitrogens with two attached hydrogens (primary N) is 2. The molecule has 0 aliphatic rings. The summed E-state index contributed by atoms with van der Waals surface area (Å²) < 4.78 is 0. The zero-order valence-electron chi connectivity index (χ0n) is 17.0. The molecular formula is C17H31N5O7. The maximum absolute atomic E-state index is 12.4. The van der Waals surface area contributed by atoms with Crippen molar-refractivity contribution in [3.8, 4) is 0 Å². The molecule has 12 heteroatoms. The van der Waals surface area contributed by atoms with Crippen LogP contribution < -0.4 is 27.4 Å². The standard InChI is InChI=1S/C17H31N5O7/c1-5-7(2)12(17(28)29)21-16(27)13(9(4)23)22-14(25)8(3)20-15(26)10(18)6-11(19)24/h7-10,12-13,23H,5-6,18H2,1-4H3,(H2,19,24)(H,20,26)(H,21,27)(H,22,25)(H,28,29). The van der Waals surface area contributed by atoms with Crippen molar-refractivity contribution in [2.45, 2.75) is 70.8 Å². The summed E-state index contributed by atoms with van der Waals surface area (Å²) in [6.07, 6.45) is -1.27. The first-order chi connectivity index (χ1) is 13.3. The third-order valence-electron chi connectivity index (χ3n) is 4.35. The van der Waals surface area contributed by atoms with Crippen molar-refractivity contribution in [2.24, 2.45) is 17.4 Å². The summed E-state index contributed by atoms with van der Waals surface area (Å²) in [7, 11) is 0. The molecule has 0 spiro atoms. The lowest BCUT2D eigenvalue weighted by Crippen LogP contribution is -2.60. The predicted molar refractivity (Wildman–Crippen MR) is 102 cm³/mol. The molecule has 4 amide bonds. The fraction of sp³-hybridized carbons (Fsp3) is 0.706. The van der Waals surface area contributed by atoms with Crippen LogP contribution in [0, 0.1) is 5.92 Å². The number of aliphatic carboxylic acids is 1. The molecule has 6 atom stereocenters. The molecule has 9 N–H and O–H groups in total. The van der Waals surface area contributed by atoms with Gasteiger partial charge in [0.1, 0.15) is 18.1 Å². The molecule has 0 saturated heterocycles. The minimum Gasteiger partial charge on any atom is -0.480 e. The van der Waals surface area contributed by atoms with Gasteiger partial charge < -0.3 is 37.6 Å². The summed E-state index contributed by atoms with van der Waals surface area (Å²) >= 11 is 0. The van der Waals surface area contributed by atoms with Crippen molar-refractivity contribution >= 4 is 29.6 Å². The Hall–Kier alpha value is -2.73. The van der Waals surface area contributed by atoms with Crippen LogP contribution in [-0.4, -0.2) is 70.1 Å². The number of primary amides is 1. The quantitative estimate of drug-likeness (QED) is 0.175. The molecule has 166 valence electrons. The van der Waals surface area contributed by atoms with Gasteiger partial charge in [-0.1, -0.05) is 20.3 Å². The van der Waals surface area contributed by atoms with E-state index < -0.39 is 66.3 Å². The number of carboxylic acid groups (broad SMARTS) is 1. The highest BCUT2D eigenvalue weighted by Gasteiger charge is 2.33. The van der Waals surface area contributed by atoms with Gasteiger partial charge in [-0.3, -0.25) is 19.2 Å². The molecule has 12 nitrogen and oxygen atoms in total. The number of aliphatic hydroxyl groups is 1. The molecule has 0 aromatic heterocycles. The summed E-state index contributed by atoms with van der Waals surface area (Å²) in [6, 6.07) is -5.05. The Labute approximate surface area is 168 Å². The average molecular weight is 417 g/mol. The molecule has 0 rings (SSSR count). The van der Waals surface area contributed by atoms with Crippen LogP contribution in [0.2, 0.25) is 0 Å². The molecule has 0 bridgehead atoms. The Kier molecular flexibility index (Phi) is 10.8. The molecule has 29 heavy (non-hydrogen) atoms. The van der Waals surface area contributed by atoms with E-state index in [0.717, 1.165) is 0 Å². The monoisotopic (exact) mass is 417 g/mol. The Morgan fingerprint density at radius 3 is 1.83 bits per heavy atom. The molecule has 0 radical (unpaired) electrons. The highest BCUT2D eigenvalue weighted by Crippen LogP contribution is 2.09. The van der Waals surface area contributed by atoms with Gasteiger partial charge in [0.2, 0.25) is 23.6 Å². The van der Waals surface area contributed by atoms with Crippen LogP contribution in [0.4, 0.5) is 0 Å². The van der Waals surface area contributed by atoms with E-state index in [9.17, 15) is 34.2 Å². The SMILES string of the molecule is CCC(C)C(NC(=O)C(NC(=O)C(C)NC(=O)C(N)CC(N)=O)C(C)O)C(=O)O. The maximum Gasteiger partial charge on any atom is 0.326 e. The number of nitrogens with one attached hydrogen (secondary N) is 3. The fourth-order valence-corrected chi connectivity index (χ4v) is 2.31. The first kappa shape index (κ1) is 26.3. The molecule has 0 saturated carbocycles. The lowest BCUT2D eigenvalue weighted by atomic mass is 9.98. The number of amides is 4. The van der Waals surface area contributed by atoms with E-state index in [1.165, 1.54) is 13.8 Å². The van der Waals surface area contributed by atoms with Gasteiger partial charge in [-0.15, -0.1) is 0 Å². The summed E-state index contributed by atoms with van der Waals surface area (Å²) in [5.74, 6) is -4.91. The van der Waals surface area contributed by atoms with Crippen molar-refractivity contribution in [1.29, 1.82) is 0 Å². The van der Waals surface area contributed by atoms with E-state index in [-0.39, 0.29) is 5.92 Å². The second-order valence-electron chi connectivity index (χ2n) is 6.94. The number of carbonyl (C=O) groups is 5. The van der Waals surface area contributed by atoms with Crippen molar-refractivity contribution < 1.29 is 34.2 Å². The van der Waals surface area contributed by atoms with Gasteiger partial charge in [-0.05, 0) is 19.8 Å². The highest BCUT2D eigenvalue weighted by molar-refractivity contribution is 5.95. The van der Waals surface area contributed by atoms with E-state index in [1.807, 2.05) is 0 Å². The van der Waals surface area contributed by atoms with Crippen LogP contribution >= 0.6 is 0 Å². The number of carboxylic acids is 1. The Morgan fingerprint density at radius 1 is 0.897 bits per heavy atom. The third kappa shape index (κ3) is 8.87. The number of hydrogen-bond acceptors (Lipinski definition) is 7. The second-order valence-corrected chi connectivity index (χ2v) is 6.94. The van der Waals surface area contributed by atoms with Crippen molar-refractivity contribution in [1.82, 2.24) is 16.0 Å². The average Bonchev–Trinajstić information content (AvgIpc) is 2.61. The van der Waals surface area contributed by atoms with Crippen molar-refractivity contribution in [3.05, 3.63) is 0 Å². The zero-order chi connectivity index (χ0) is 22.9. The van der Waals surface area contributed by atoms with Gasteiger partial charge >= 0.3 is 5.97 Å². The molecule has 0 aromatic rings. The van der Waals surface area contributed by atoms with E-state index in [2.05, 4.69) is 16.0 Å². The normalized spacial score (nSPS) is 17.0. The first-order valence-electron chi connectivity index (χ1n) is 9.17. The van der Waals surface area contributed by atoms with Gasteiger partial charge in [0, 0.05) is 0 Å². The van der Waals surface area contributed by atoms with Crippen LogP contribution in [0.3, 0.4) is 0 Å². The Bertz CT molecular complexity index is 625. The fourth-order valence-electron chi connectivity index (χ4n) is 2.31. The summed E-state index contributed by atoms with van der Waals surface area (Å²) in [5.41, 5.74) is 10.4. The molecule has 0 heterocycles. The van der Waals surface area contributed by atoms with Gasteiger partial charge in [0.15, 0.2) is 0 Å². The summed E-state index contributed by atoms with van der Waals surface area (Å²) in [5, 5.41) is 25.9. The molecule has 0 aromatic carbocycles. The molecule has 0 aliphatic carbocycles. The van der Waals surface area contributed by atoms with Crippen molar-refractivity contribution in [3.63, 3.8) is 0 Å². The van der Waals surface area contributed by atoms with Crippen LogP contribution in [0.15, 0.2) is 0 Å². The van der Waals surface area contributed by atoms with Gasteiger partial charge in [0.25, 0.3) is 0 Å². The number of aliphatic hydroxyl groups excluding tert-OH is 1. The largest absolute Gasteiger partial charge is 0.480 e. The maximum atomic E-state index is 12.4. The zero-order valence-corrected chi connectivity index (χ0v) is 17.0. The van der Waals surface area contributed by atoms with Crippen molar-refractivity contribution in [2.75, 3.05) is 0 Å². The number of carbonyl (C=O) groups excluding carboxylic acids is 4. The lowest BCUT2D eigenvalue weighted by molar-refractivity contribution is -0.144. The van der Waals surface area contributed by atoms with Gasteiger partial charge in [-0.25, -0.2) is 4.79 Å². The Morgan fingerprint density at radius 2 is 1.41 bits per heavy atom. The first-order valence-corrected chi connectivity index (χ1v) is 9.17. The van der Waals surface area contributed by atoms with Crippen LogP contribution in [0.25, 0.3) is 0 Å². The third-order valence-corrected chi connectivity index (χ3v) is 4.35. The Balaban J connectivity index is 5.07. The van der Waals surface area contributed by atoms with Crippen LogP contribution in [-0.2, 0) is 24.0 Å². The molecule has 0 fully saturated rings. The van der Waals surface area contributed by atoms with E-state index in [0.29, 0.717) is 6.42 Å². The van der Waals surface area contributed by atoms with E-state index in [1.54, 1.807) is 13.8 Å². The minimum atomic E-state index is -1.45. The molecular weight excluding hydrogens is 386 g/mol. The lowest BCUT2D eigenvalue weighted by Gasteiger charge is -2.27. The van der Waals surface area contributed by atoms with Gasteiger partial charge in [-0.2, -0.15) is 0 Å². The number of rotatable bonds is 12.